The summed E-state index contributed by atoms with van der Waals surface area (Å²) in [7, 11) is 0. The number of nitrogens with zero attached hydrogens (tertiary/aromatic N) is 2. The van der Waals surface area contributed by atoms with Gasteiger partial charge in [-0.25, -0.2) is 4.98 Å². The molecule has 0 N–H and O–H groups in total. The summed E-state index contributed by atoms with van der Waals surface area (Å²) < 4.78 is 2.48. The molecule has 0 spiro atoms. The van der Waals surface area contributed by atoms with Gasteiger partial charge in [-0.05, 0) is 43.7 Å². The number of hydrogen-bond donors (Lipinski definition) is 0. The van der Waals surface area contributed by atoms with Gasteiger partial charge in [-0.1, -0.05) is 55.7 Å². The Kier molecular flexibility index (Phi) is 3.34. The van der Waals surface area contributed by atoms with Gasteiger partial charge in [0.05, 0.1) is 11.2 Å². The lowest BCUT2D eigenvalue weighted by molar-refractivity contribution is 0.434. The average molecular weight is 328 g/mol. The first-order valence-electron chi connectivity index (χ1n) is 9.54. The van der Waals surface area contributed by atoms with Gasteiger partial charge in [-0.3, -0.25) is 4.40 Å². The highest BCUT2D eigenvalue weighted by atomic mass is 15.0. The number of pyridine rings is 1. The Morgan fingerprint density at radius 2 is 1.64 bits per heavy atom. The number of aromatic nitrogens is 2. The maximum Gasteiger partial charge on any atom is 0.145 e. The molecule has 2 heterocycles. The molecule has 4 aromatic rings. The van der Waals surface area contributed by atoms with E-state index in [0.29, 0.717) is 5.92 Å². The lowest BCUT2D eigenvalue weighted by Gasteiger charge is -2.23. The van der Waals surface area contributed by atoms with Crippen LogP contribution < -0.4 is 0 Å². The molecule has 2 aromatic carbocycles. The second kappa shape index (κ2) is 5.59. The highest BCUT2D eigenvalue weighted by molar-refractivity contribution is 6.11. The third-order valence-corrected chi connectivity index (χ3v) is 5.94. The zero-order chi connectivity index (χ0) is 17.0. The van der Waals surface area contributed by atoms with Crippen molar-refractivity contribution in [3.05, 3.63) is 59.4 Å². The number of benzene rings is 2. The first kappa shape index (κ1) is 14.9. The molecule has 126 valence electrons. The Bertz CT molecular complexity index is 1100. The number of rotatable bonds is 1. The molecule has 2 aromatic heterocycles. The lowest BCUT2D eigenvalue weighted by Crippen LogP contribution is -2.09. The molecule has 0 bridgehead atoms. The Morgan fingerprint density at radius 3 is 2.44 bits per heavy atom. The normalized spacial score (nSPS) is 16.2. The summed E-state index contributed by atoms with van der Waals surface area (Å²) in [6, 6.07) is 15.6. The summed E-state index contributed by atoms with van der Waals surface area (Å²) in [5, 5.41) is 3.91. The van der Waals surface area contributed by atoms with Crippen LogP contribution in [0.3, 0.4) is 0 Å². The van der Waals surface area contributed by atoms with Crippen molar-refractivity contribution >= 4 is 27.3 Å². The monoisotopic (exact) mass is 328 g/mol. The molecule has 0 amide bonds. The van der Waals surface area contributed by atoms with E-state index < -0.39 is 0 Å². The summed E-state index contributed by atoms with van der Waals surface area (Å²) in [6.07, 6.45) is 6.68. The molecule has 1 saturated carbocycles. The van der Waals surface area contributed by atoms with E-state index in [9.17, 15) is 0 Å². The van der Waals surface area contributed by atoms with E-state index in [4.69, 9.17) is 4.98 Å². The van der Waals surface area contributed by atoms with Crippen molar-refractivity contribution < 1.29 is 0 Å². The number of aryl methyl sites for hydroxylation is 2. The standard InChI is InChI=1S/C23H24N2/c1-15-12-13-19-18-10-6-7-11-20(18)23-24-16(2)22(25(23)21(19)14-15)17-8-4-3-5-9-17/h6-7,10-14,17H,3-5,8-9H2,1-2H3. The molecule has 1 fully saturated rings. The van der Waals surface area contributed by atoms with Crippen molar-refractivity contribution in [1.82, 2.24) is 9.38 Å². The molecule has 0 atom stereocenters. The molecule has 0 saturated heterocycles. The van der Waals surface area contributed by atoms with Crippen LogP contribution >= 0.6 is 0 Å². The van der Waals surface area contributed by atoms with Crippen molar-refractivity contribution in [2.24, 2.45) is 0 Å². The van der Waals surface area contributed by atoms with Crippen LogP contribution in [0, 0.1) is 13.8 Å². The minimum atomic E-state index is 0.647. The van der Waals surface area contributed by atoms with Crippen molar-refractivity contribution in [3.8, 4) is 0 Å². The van der Waals surface area contributed by atoms with Gasteiger partial charge in [-0.15, -0.1) is 0 Å². The Hall–Kier alpha value is -2.35. The van der Waals surface area contributed by atoms with Crippen molar-refractivity contribution in [1.29, 1.82) is 0 Å². The molecule has 0 radical (unpaired) electrons. The summed E-state index contributed by atoms with van der Waals surface area (Å²) in [5.41, 5.74) is 6.42. The molecule has 2 heteroatoms. The van der Waals surface area contributed by atoms with E-state index >= 15 is 0 Å². The third-order valence-electron chi connectivity index (χ3n) is 5.94. The molecule has 1 aliphatic rings. The van der Waals surface area contributed by atoms with Gasteiger partial charge >= 0.3 is 0 Å². The highest BCUT2D eigenvalue weighted by Crippen LogP contribution is 2.38. The van der Waals surface area contributed by atoms with Crippen LogP contribution in [-0.4, -0.2) is 9.38 Å². The van der Waals surface area contributed by atoms with Crippen LogP contribution in [0.15, 0.2) is 42.5 Å². The van der Waals surface area contributed by atoms with Crippen molar-refractivity contribution in [2.75, 3.05) is 0 Å². The molecule has 0 aliphatic heterocycles. The molecule has 1 aliphatic carbocycles. The average Bonchev–Trinajstić information content (AvgIpc) is 3.00. The minimum absolute atomic E-state index is 0.647. The van der Waals surface area contributed by atoms with Gasteiger partial charge in [0, 0.05) is 22.4 Å². The van der Waals surface area contributed by atoms with Gasteiger partial charge in [0.2, 0.25) is 0 Å². The molecule has 5 rings (SSSR count). The Labute approximate surface area is 148 Å². The first-order chi connectivity index (χ1) is 12.2. The van der Waals surface area contributed by atoms with Gasteiger partial charge < -0.3 is 0 Å². The molecular weight excluding hydrogens is 304 g/mol. The zero-order valence-electron chi connectivity index (χ0n) is 15.0. The summed E-state index contributed by atoms with van der Waals surface area (Å²) in [5.74, 6) is 0.647. The SMILES string of the molecule is Cc1ccc2c3ccccc3c3nc(C)c(C4CCCCC4)n3c2c1. The molecule has 0 unspecified atom stereocenters. The van der Waals surface area contributed by atoms with Gasteiger partial charge in [-0.2, -0.15) is 0 Å². The van der Waals surface area contributed by atoms with Crippen LogP contribution in [0.1, 0.15) is 55.0 Å². The summed E-state index contributed by atoms with van der Waals surface area (Å²) in [6.45, 7) is 4.39. The minimum Gasteiger partial charge on any atom is -0.296 e. The third kappa shape index (κ3) is 2.20. The summed E-state index contributed by atoms with van der Waals surface area (Å²) >= 11 is 0. The van der Waals surface area contributed by atoms with E-state index in [2.05, 4.69) is 60.7 Å². The number of fused-ring (bicyclic) bond motifs is 6. The maximum absolute atomic E-state index is 5.06. The molecular formula is C23H24N2. The second-order valence-corrected chi connectivity index (χ2v) is 7.64. The van der Waals surface area contributed by atoms with E-state index in [1.807, 2.05) is 0 Å². The van der Waals surface area contributed by atoms with Crippen LogP contribution in [0.5, 0.6) is 0 Å². The van der Waals surface area contributed by atoms with Gasteiger partial charge in [0.15, 0.2) is 0 Å². The van der Waals surface area contributed by atoms with Gasteiger partial charge in [0.1, 0.15) is 5.65 Å². The Morgan fingerprint density at radius 1 is 0.880 bits per heavy atom. The van der Waals surface area contributed by atoms with Gasteiger partial charge in [0.25, 0.3) is 0 Å². The zero-order valence-corrected chi connectivity index (χ0v) is 15.0. The fraction of sp³-hybridized carbons (Fsp3) is 0.348. The lowest BCUT2D eigenvalue weighted by atomic mass is 9.86. The predicted molar refractivity (Wildman–Crippen MR) is 106 cm³/mol. The van der Waals surface area contributed by atoms with Crippen molar-refractivity contribution in [2.45, 2.75) is 51.9 Å². The van der Waals surface area contributed by atoms with E-state index in [0.717, 1.165) is 5.65 Å². The van der Waals surface area contributed by atoms with Crippen LogP contribution in [0.4, 0.5) is 0 Å². The number of hydrogen-bond acceptors (Lipinski definition) is 1. The topological polar surface area (TPSA) is 17.3 Å². The largest absolute Gasteiger partial charge is 0.296 e. The maximum atomic E-state index is 5.06. The number of imidazole rings is 1. The van der Waals surface area contributed by atoms with Crippen LogP contribution in [-0.2, 0) is 0 Å². The predicted octanol–water partition coefficient (Wildman–Crippen LogP) is 6.31. The quantitative estimate of drug-likeness (QED) is 0.374. The smallest absolute Gasteiger partial charge is 0.145 e. The second-order valence-electron chi connectivity index (χ2n) is 7.64. The summed E-state index contributed by atoms with van der Waals surface area (Å²) in [4.78, 5) is 5.06. The van der Waals surface area contributed by atoms with Crippen LogP contribution in [0.25, 0.3) is 27.3 Å². The van der Waals surface area contributed by atoms with E-state index in [1.54, 1.807) is 0 Å². The van der Waals surface area contributed by atoms with E-state index in [-0.39, 0.29) is 0 Å². The fourth-order valence-corrected chi connectivity index (χ4v) is 4.79. The van der Waals surface area contributed by atoms with Crippen molar-refractivity contribution in [3.63, 3.8) is 0 Å². The molecule has 2 nitrogen and oxygen atoms in total. The van der Waals surface area contributed by atoms with Crippen LogP contribution in [0.2, 0.25) is 0 Å². The highest BCUT2D eigenvalue weighted by Gasteiger charge is 2.24. The fourth-order valence-electron chi connectivity index (χ4n) is 4.79. The molecule has 25 heavy (non-hydrogen) atoms. The van der Waals surface area contributed by atoms with E-state index in [1.165, 1.54) is 70.7 Å². The first-order valence-corrected chi connectivity index (χ1v) is 9.54. The Balaban J connectivity index is 1.98.